The van der Waals surface area contributed by atoms with Gasteiger partial charge in [-0.05, 0) is 153 Å². The fourth-order valence-corrected chi connectivity index (χ4v) is 7.82. The molecule has 0 atom stereocenters. The maximum Gasteiger partial charge on any atom is 0.314 e. The van der Waals surface area contributed by atoms with Gasteiger partial charge in [-0.3, -0.25) is 28.8 Å². The molecule has 4 N–H and O–H groups in total. The first kappa shape index (κ1) is 96.7. The summed E-state index contributed by atoms with van der Waals surface area (Å²) in [5.41, 5.74) is 17.8. The van der Waals surface area contributed by atoms with Gasteiger partial charge in [0.25, 0.3) is 0 Å². The predicted octanol–water partition coefficient (Wildman–Crippen LogP) is 22.0. The lowest BCUT2D eigenvalue weighted by molar-refractivity contribution is -0.152. The molecule has 0 spiro atoms. The monoisotopic (exact) mass is 1430 g/mol. The van der Waals surface area contributed by atoms with Gasteiger partial charge in [-0.1, -0.05) is 315 Å². The highest BCUT2D eigenvalue weighted by atomic mass is 16.6. The van der Waals surface area contributed by atoms with E-state index >= 15 is 0 Å². The van der Waals surface area contributed by atoms with Crippen LogP contribution in [-0.4, -0.2) is 82.7 Å². The third-order valence-corrected chi connectivity index (χ3v) is 14.3. The van der Waals surface area contributed by atoms with Gasteiger partial charge in [0, 0.05) is 0 Å². The molecule has 0 aromatic rings. The molecule has 1 rings (SSSR count). The van der Waals surface area contributed by atoms with Gasteiger partial charge in [-0.25, -0.2) is 0 Å². The second-order valence-electron chi connectivity index (χ2n) is 25.5. The number of carboxylic acid groups (broad SMARTS) is 2. The Morgan fingerprint density at radius 3 is 0.771 bits per heavy atom. The Morgan fingerprint density at radius 2 is 0.524 bits per heavy atom. The standard InChI is InChI=1S/C48H62O8.C40H54O2.C4H4O3/c1-37(19-11-21-39(3)23-13-25-41(5)27-15-29-43(7)35-55-47(53)33-31-45(49)50)17-9-10-18-38(2)20-12-22-40(4)24-14-26-42(6)28-16-30-44(8)36-56-48(54)34-32-46(51)52;1-33(19-11-21-35(3)23-13-25-37(5)27-15-29-39(7)31-41)17-9-10-18-34(2)20-12-22-36(4)24-14-26-38(6)28-16-30-40(8)32-42;5-3-1-2-4(6)7-3/h9-15,17-27,29-30H,16,28,31-36H2,1-8H3,(H,49,50)(H,51,52);9-15,17-27,29-30,41-42H,16,28,31-32H2,1-8H3;1-2H2/b10-9+,19-11+,20-12+,23-13+,24-14+,27-15+,37-17+,38-18+,39-21+,40-22+,41-25+,42-26+,43-29+,44-30+;10-9+,19-11+,20-12+,23-13+,24-14+,27-15+,33-17+,34-18+,35-21+,36-22+,37-25+,38-26+,39-29+,40-30+;. The van der Waals surface area contributed by atoms with E-state index in [1.807, 2.05) is 139 Å². The second-order valence-corrected chi connectivity index (χ2v) is 25.5. The highest BCUT2D eigenvalue weighted by Crippen LogP contribution is 2.13. The number of allylic oxidation sites excluding steroid dienone is 52. The minimum atomic E-state index is -1.02. The van der Waals surface area contributed by atoms with Crippen LogP contribution in [0.3, 0.4) is 0 Å². The summed E-state index contributed by atoms with van der Waals surface area (Å²) >= 11 is 0. The van der Waals surface area contributed by atoms with Crippen molar-refractivity contribution >= 4 is 35.8 Å². The Morgan fingerprint density at radius 1 is 0.295 bits per heavy atom. The first-order valence-corrected chi connectivity index (χ1v) is 35.4. The number of carbonyl (C=O) groups excluding carboxylic acids is 4. The molecular weight excluding hydrogens is 1310 g/mol. The summed E-state index contributed by atoms with van der Waals surface area (Å²) in [4.78, 5) is 64.1. The van der Waals surface area contributed by atoms with Crippen LogP contribution in [0, 0.1) is 0 Å². The van der Waals surface area contributed by atoms with Crippen LogP contribution in [0.5, 0.6) is 0 Å². The third kappa shape index (κ3) is 66.6. The Hall–Kier alpha value is -10.3. The smallest absolute Gasteiger partial charge is 0.314 e. The van der Waals surface area contributed by atoms with Gasteiger partial charge < -0.3 is 34.6 Å². The molecule has 13 nitrogen and oxygen atoms in total. The lowest BCUT2D eigenvalue weighted by atomic mass is 10.1. The van der Waals surface area contributed by atoms with Crippen molar-refractivity contribution in [1.82, 2.24) is 0 Å². The number of aliphatic hydroxyl groups is 2. The van der Waals surface area contributed by atoms with Crippen LogP contribution < -0.4 is 0 Å². The van der Waals surface area contributed by atoms with Gasteiger partial charge in [0.05, 0.1) is 51.7 Å². The van der Waals surface area contributed by atoms with Crippen molar-refractivity contribution in [3.63, 3.8) is 0 Å². The number of cyclic esters (lactones) is 2. The minimum absolute atomic E-state index is 0.0901. The summed E-state index contributed by atoms with van der Waals surface area (Å²) in [6, 6.07) is 0. The van der Waals surface area contributed by atoms with E-state index in [0.717, 1.165) is 81.4 Å². The van der Waals surface area contributed by atoms with Gasteiger partial charge in [0.2, 0.25) is 0 Å². The average Bonchev–Trinajstić information content (AvgIpc) is 1.80. The zero-order chi connectivity index (χ0) is 79.0. The van der Waals surface area contributed by atoms with Crippen LogP contribution in [0.1, 0.15) is 175 Å². The van der Waals surface area contributed by atoms with Gasteiger partial charge in [-0.15, -0.1) is 0 Å². The summed E-state index contributed by atoms with van der Waals surface area (Å²) < 4.78 is 14.2. The van der Waals surface area contributed by atoms with Crippen LogP contribution in [-0.2, 0) is 43.0 Å². The first-order valence-electron chi connectivity index (χ1n) is 35.4. The SMILES string of the molecule is CC(/C=C/C=C(C)/C=C/C=C(C)/C=C/C=C(\C)CO)=C\C=C\C=C(C)\C=C\C=C(C)\C=C\C=C(/C)CC/C=C(\C)CO.CC(/C=C/C=C(C)/C=C/C=C(C)/C=C/C=C(\C)COC(=O)CCC(=O)O)=C\C=C\C=C(C)\C=C\C=C(C)\C=C\C=C(/C)CC/C=C(\C)COC(=O)CCC(=O)O.O=C1CCC(=O)O1. The van der Waals surface area contributed by atoms with Gasteiger partial charge >= 0.3 is 35.8 Å². The van der Waals surface area contributed by atoms with Gasteiger partial charge in [0.1, 0.15) is 13.2 Å². The molecule has 13 heteroatoms. The van der Waals surface area contributed by atoms with Crippen LogP contribution in [0.4, 0.5) is 0 Å². The van der Waals surface area contributed by atoms with Crippen molar-refractivity contribution in [3.05, 3.63) is 332 Å². The van der Waals surface area contributed by atoms with E-state index in [1.54, 1.807) is 0 Å². The molecule has 1 fully saturated rings. The molecule has 0 saturated carbocycles. The highest BCUT2D eigenvalue weighted by molar-refractivity contribution is 5.92. The second kappa shape index (κ2) is 63.4. The van der Waals surface area contributed by atoms with E-state index in [2.05, 4.69) is 220 Å². The lowest BCUT2D eigenvalue weighted by Gasteiger charge is -2.04. The van der Waals surface area contributed by atoms with Gasteiger partial charge in [-0.2, -0.15) is 0 Å². The number of hydrogen-bond donors (Lipinski definition) is 4. The fraction of sp³-hybridized carbons (Fsp3) is 0.326. The first-order chi connectivity index (χ1) is 49.9. The Kier molecular flexibility index (Phi) is 58.4. The maximum absolute atomic E-state index is 11.5. The molecule has 1 heterocycles. The third-order valence-electron chi connectivity index (χ3n) is 14.3. The molecular formula is C92H120O13. The molecule has 105 heavy (non-hydrogen) atoms. The number of ether oxygens (including phenoxy) is 3. The summed E-state index contributed by atoms with van der Waals surface area (Å²) in [7, 11) is 0. The number of hydrogen-bond acceptors (Lipinski definition) is 11. The lowest BCUT2D eigenvalue weighted by Crippen LogP contribution is -2.08. The molecule has 0 radical (unpaired) electrons. The molecule has 1 aliphatic rings. The van der Waals surface area contributed by atoms with E-state index < -0.39 is 35.8 Å². The highest BCUT2D eigenvalue weighted by Gasteiger charge is 2.19. The number of aliphatic hydroxyl groups excluding tert-OH is 2. The quantitative estimate of drug-likeness (QED) is 0.0147. The van der Waals surface area contributed by atoms with Crippen LogP contribution in [0.15, 0.2) is 332 Å². The summed E-state index contributed by atoms with van der Waals surface area (Å²) in [5.74, 6) is -3.84. The normalized spacial score (nSPS) is 15.8. The average molecular weight is 1430 g/mol. The van der Waals surface area contributed by atoms with Crippen molar-refractivity contribution < 1.29 is 63.4 Å². The van der Waals surface area contributed by atoms with Crippen molar-refractivity contribution in [2.45, 2.75) is 175 Å². The van der Waals surface area contributed by atoms with Crippen molar-refractivity contribution in [1.29, 1.82) is 0 Å². The zero-order valence-corrected chi connectivity index (χ0v) is 65.5. The summed E-state index contributed by atoms with van der Waals surface area (Å²) in [6.45, 7) is 33.0. The van der Waals surface area contributed by atoms with Gasteiger partial charge in [0.15, 0.2) is 0 Å². The number of carbonyl (C=O) groups is 6. The van der Waals surface area contributed by atoms with E-state index in [1.165, 1.54) is 33.4 Å². The molecule has 1 saturated heterocycles. The Labute approximate surface area is 629 Å². The molecule has 0 aromatic heterocycles. The topological polar surface area (TPSA) is 211 Å². The number of aliphatic carboxylic acids is 2. The fourth-order valence-electron chi connectivity index (χ4n) is 7.82. The molecule has 566 valence electrons. The molecule has 0 bridgehead atoms. The molecule has 0 unspecified atom stereocenters. The summed E-state index contributed by atoms with van der Waals surface area (Å²) in [5, 5.41) is 35.3. The molecule has 1 aliphatic heterocycles. The van der Waals surface area contributed by atoms with E-state index in [0.29, 0.717) is 0 Å². The number of carboxylic acids is 2. The number of rotatable bonds is 42. The number of esters is 4. The zero-order valence-electron chi connectivity index (χ0n) is 65.5. The van der Waals surface area contributed by atoms with E-state index in [4.69, 9.17) is 29.9 Å². The predicted molar refractivity (Wildman–Crippen MR) is 438 cm³/mol. The van der Waals surface area contributed by atoms with Crippen molar-refractivity contribution in [2.24, 2.45) is 0 Å². The molecule has 0 amide bonds. The molecule has 0 aliphatic carbocycles. The maximum atomic E-state index is 11.5. The van der Waals surface area contributed by atoms with Crippen molar-refractivity contribution in [2.75, 3.05) is 26.4 Å². The van der Waals surface area contributed by atoms with Crippen LogP contribution >= 0.6 is 0 Å². The minimum Gasteiger partial charge on any atom is -0.481 e. The summed E-state index contributed by atoms with van der Waals surface area (Å²) in [6.07, 6.45) is 85.5. The van der Waals surface area contributed by atoms with Crippen LogP contribution in [0.2, 0.25) is 0 Å². The van der Waals surface area contributed by atoms with Crippen LogP contribution in [0.25, 0.3) is 0 Å². The van der Waals surface area contributed by atoms with E-state index in [9.17, 15) is 28.8 Å². The Bertz CT molecular complexity index is 3690. The van der Waals surface area contributed by atoms with Crippen molar-refractivity contribution in [3.8, 4) is 0 Å². The largest absolute Gasteiger partial charge is 0.481 e. The van der Waals surface area contributed by atoms with E-state index in [-0.39, 0.29) is 65.0 Å². The Balaban J connectivity index is 0. The molecule has 0 aromatic carbocycles.